The molecule has 1 aliphatic rings. The van der Waals surface area contributed by atoms with Gasteiger partial charge in [-0.2, -0.15) is 5.26 Å². The minimum atomic E-state index is -1.15. The minimum absolute atomic E-state index is 0.0188. The maximum Gasteiger partial charge on any atom is 0.152 e. The monoisotopic (exact) mass is 616 g/mol. The lowest BCUT2D eigenvalue weighted by molar-refractivity contribution is 0.321. The number of halogens is 4. The Morgan fingerprint density at radius 1 is 0.977 bits per heavy atom. The summed E-state index contributed by atoms with van der Waals surface area (Å²) in [7, 11) is 0. The van der Waals surface area contributed by atoms with E-state index in [2.05, 4.69) is 30.8 Å². The largest absolute Gasteiger partial charge is 0.371 e. The number of nitrogens with zero attached hydrogens (tertiary/aromatic N) is 6. The molecule has 0 radical (unpaired) electrons. The molecule has 0 aliphatic carbocycles. The van der Waals surface area contributed by atoms with E-state index in [1.54, 1.807) is 12.1 Å². The molecule has 5 aromatic rings. The van der Waals surface area contributed by atoms with Crippen molar-refractivity contribution in [3.63, 3.8) is 0 Å². The highest BCUT2D eigenvalue weighted by molar-refractivity contribution is 6.32. The first kappa shape index (κ1) is 29.4. The Morgan fingerprint density at radius 3 is 2.45 bits per heavy atom. The SMILES string of the molecule is N#Cc1cnc2c(N[C@@H](c3ccccc3)c3cn(CCCN4CCCC4)nn3)cc(Cl)cc2c1Nc1c(F)cc(F)cc1F. The summed E-state index contributed by atoms with van der Waals surface area (Å²) in [6.45, 7) is 4.04. The molecule has 0 bridgehead atoms. The van der Waals surface area contributed by atoms with Crippen LogP contribution >= 0.6 is 11.6 Å². The quantitative estimate of drug-likeness (QED) is 0.171. The molecule has 1 atom stereocenters. The zero-order valence-electron chi connectivity index (χ0n) is 23.6. The molecule has 3 heterocycles. The molecule has 0 unspecified atom stereocenters. The Balaban J connectivity index is 1.36. The number of pyridine rings is 1. The summed E-state index contributed by atoms with van der Waals surface area (Å²) in [6, 6.07) is 15.6. The number of rotatable bonds is 10. The highest BCUT2D eigenvalue weighted by atomic mass is 35.5. The van der Waals surface area contributed by atoms with E-state index in [1.807, 2.05) is 47.3 Å². The van der Waals surface area contributed by atoms with E-state index in [9.17, 15) is 18.4 Å². The predicted octanol–water partition coefficient (Wildman–Crippen LogP) is 7.20. The molecule has 12 heteroatoms. The zero-order valence-corrected chi connectivity index (χ0v) is 24.3. The van der Waals surface area contributed by atoms with Crippen LogP contribution in [0.5, 0.6) is 0 Å². The van der Waals surface area contributed by atoms with Crippen LogP contribution in [0.2, 0.25) is 5.02 Å². The van der Waals surface area contributed by atoms with Gasteiger partial charge in [-0.05, 0) is 56.6 Å². The van der Waals surface area contributed by atoms with Crippen molar-refractivity contribution >= 4 is 39.6 Å². The average Bonchev–Trinajstić information content (AvgIpc) is 3.71. The highest BCUT2D eigenvalue weighted by Crippen LogP contribution is 2.38. The third kappa shape index (κ3) is 6.32. The fourth-order valence-corrected chi connectivity index (χ4v) is 5.75. The number of fused-ring (bicyclic) bond motifs is 1. The summed E-state index contributed by atoms with van der Waals surface area (Å²) in [5, 5.41) is 25.4. The Hall–Kier alpha value is -4.66. The van der Waals surface area contributed by atoms with Gasteiger partial charge in [-0.1, -0.05) is 47.1 Å². The lowest BCUT2D eigenvalue weighted by Crippen LogP contribution is -2.21. The number of benzene rings is 3. The summed E-state index contributed by atoms with van der Waals surface area (Å²) < 4.78 is 44.6. The van der Waals surface area contributed by atoms with Gasteiger partial charge in [0.2, 0.25) is 0 Å². The van der Waals surface area contributed by atoms with Gasteiger partial charge in [-0.15, -0.1) is 5.10 Å². The minimum Gasteiger partial charge on any atom is -0.371 e. The van der Waals surface area contributed by atoms with Crippen LogP contribution in [0, 0.1) is 28.8 Å². The van der Waals surface area contributed by atoms with Crippen molar-refractivity contribution in [1.82, 2.24) is 24.9 Å². The fraction of sp³-hybridized carbons (Fsp3) is 0.250. The smallest absolute Gasteiger partial charge is 0.152 e. The maximum absolute atomic E-state index is 14.6. The molecule has 1 saturated heterocycles. The predicted molar refractivity (Wildman–Crippen MR) is 163 cm³/mol. The van der Waals surface area contributed by atoms with E-state index in [4.69, 9.17) is 11.6 Å². The van der Waals surface area contributed by atoms with Crippen molar-refractivity contribution in [3.05, 3.63) is 106 Å². The van der Waals surface area contributed by atoms with E-state index in [0.717, 1.165) is 38.2 Å². The lowest BCUT2D eigenvalue weighted by atomic mass is 10.0. The number of anilines is 3. The van der Waals surface area contributed by atoms with Crippen LogP contribution in [0.15, 0.2) is 67.0 Å². The molecule has 44 heavy (non-hydrogen) atoms. The number of nitrogens with one attached hydrogen (secondary N) is 2. The number of aryl methyl sites for hydroxylation is 1. The van der Waals surface area contributed by atoms with Crippen LogP contribution in [-0.2, 0) is 6.54 Å². The number of aromatic nitrogens is 4. The van der Waals surface area contributed by atoms with Crippen LogP contribution < -0.4 is 10.6 Å². The molecular formula is C32H28ClF3N8. The number of hydrogen-bond acceptors (Lipinski definition) is 7. The van der Waals surface area contributed by atoms with Gasteiger partial charge in [0.05, 0.1) is 34.7 Å². The zero-order chi connectivity index (χ0) is 30.6. The third-order valence-electron chi connectivity index (χ3n) is 7.66. The van der Waals surface area contributed by atoms with Gasteiger partial charge in [0.25, 0.3) is 0 Å². The molecule has 224 valence electrons. The van der Waals surface area contributed by atoms with Crippen LogP contribution in [0.25, 0.3) is 10.9 Å². The van der Waals surface area contributed by atoms with E-state index in [0.29, 0.717) is 34.4 Å². The second-order valence-corrected chi connectivity index (χ2v) is 11.1. The first-order valence-electron chi connectivity index (χ1n) is 14.3. The number of likely N-dealkylation sites (tertiary alicyclic amines) is 1. The molecule has 1 fully saturated rings. The van der Waals surface area contributed by atoms with Gasteiger partial charge in [-0.25, -0.2) is 13.2 Å². The molecule has 1 aliphatic heterocycles. The van der Waals surface area contributed by atoms with E-state index >= 15 is 0 Å². The maximum atomic E-state index is 14.6. The van der Waals surface area contributed by atoms with Crippen molar-refractivity contribution in [1.29, 1.82) is 5.26 Å². The van der Waals surface area contributed by atoms with E-state index in [1.165, 1.54) is 19.0 Å². The molecule has 8 nitrogen and oxygen atoms in total. The van der Waals surface area contributed by atoms with Gasteiger partial charge in [0, 0.05) is 35.3 Å². The summed E-state index contributed by atoms with van der Waals surface area (Å²) >= 11 is 6.56. The van der Waals surface area contributed by atoms with Crippen LogP contribution in [0.4, 0.5) is 30.2 Å². The second-order valence-electron chi connectivity index (χ2n) is 10.7. The molecule has 2 N–H and O–H groups in total. The normalized spacial score (nSPS) is 14.1. The van der Waals surface area contributed by atoms with E-state index in [-0.39, 0.29) is 16.3 Å². The third-order valence-corrected chi connectivity index (χ3v) is 7.88. The van der Waals surface area contributed by atoms with Gasteiger partial charge in [0.1, 0.15) is 23.3 Å². The summed E-state index contributed by atoms with van der Waals surface area (Å²) in [6.07, 6.45) is 6.68. The molecule has 0 spiro atoms. The second kappa shape index (κ2) is 12.9. The molecule has 0 saturated carbocycles. The lowest BCUT2D eigenvalue weighted by Gasteiger charge is -2.21. The number of hydrogen-bond donors (Lipinski definition) is 2. The summed E-state index contributed by atoms with van der Waals surface area (Å²) in [4.78, 5) is 6.96. The fourth-order valence-electron chi connectivity index (χ4n) is 5.53. The van der Waals surface area contributed by atoms with Crippen molar-refractivity contribution in [2.45, 2.75) is 31.8 Å². The standard InChI is InChI=1S/C32H28ClF3N8/c33-22-13-24-29(40-32-25(35)15-23(34)16-26(32)36)21(17-37)18-38-31(24)27(14-22)39-30(20-7-2-1-3-8-20)28-19-44(42-41-28)12-6-11-43-9-4-5-10-43/h1-3,7-8,13-16,18-19,30,39H,4-6,9-12H2,(H,38,40)/t30-/m0/s1. The average molecular weight is 617 g/mol. The molecule has 2 aromatic heterocycles. The van der Waals surface area contributed by atoms with Crippen molar-refractivity contribution < 1.29 is 13.2 Å². The molecule has 3 aromatic carbocycles. The first-order valence-corrected chi connectivity index (χ1v) is 14.6. The van der Waals surface area contributed by atoms with Crippen LogP contribution in [0.1, 0.15) is 42.1 Å². The highest BCUT2D eigenvalue weighted by Gasteiger charge is 2.22. The van der Waals surface area contributed by atoms with Crippen molar-refractivity contribution in [3.8, 4) is 6.07 Å². The van der Waals surface area contributed by atoms with Crippen molar-refractivity contribution in [2.75, 3.05) is 30.3 Å². The molecule has 6 rings (SSSR count). The van der Waals surface area contributed by atoms with Gasteiger partial charge in [-0.3, -0.25) is 9.67 Å². The number of nitriles is 1. The molecular weight excluding hydrogens is 589 g/mol. The first-order chi connectivity index (χ1) is 21.4. The van der Waals surface area contributed by atoms with Gasteiger partial charge < -0.3 is 15.5 Å². The van der Waals surface area contributed by atoms with Gasteiger partial charge in [0.15, 0.2) is 11.6 Å². The summed E-state index contributed by atoms with van der Waals surface area (Å²) in [5.41, 5.74) is 1.96. The topological polar surface area (TPSA) is 94.7 Å². The Labute approximate surface area is 257 Å². The Bertz CT molecular complexity index is 1810. The van der Waals surface area contributed by atoms with Crippen LogP contribution in [0.3, 0.4) is 0 Å². The van der Waals surface area contributed by atoms with Gasteiger partial charge >= 0.3 is 0 Å². The summed E-state index contributed by atoms with van der Waals surface area (Å²) in [5.74, 6) is -3.36. The van der Waals surface area contributed by atoms with Crippen LogP contribution in [-0.4, -0.2) is 44.5 Å². The van der Waals surface area contributed by atoms with Crippen molar-refractivity contribution in [2.24, 2.45) is 0 Å². The van der Waals surface area contributed by atoms with E-state index < -0.39 is 29.2 Å². The molecule has 0 amide bonds. The Kier molecular flexibility index (Phi) is 8.63. The Morgan fingerprint density at radius 2 is 1.73 bits per heavy atom.